The Morgan fingerprint density at radius 2 is 0.760 bits per heavy atom. The third kappa shape index (κ3) is 36.3. The van der Waals surface area contributed by atoms with E-state index in [1.807, 2.05) is 44.2 Å². The predicted octanol–water partition coefficient (Wildman–Crippen LogP) is 31.2. The van der Waals surface area contributed by atoms with Gasteiger partial charge < -0.3 is 49.3 Å². The van der Waals surface area contributed by atoms with E-state index in [9.17, 15) is 0 Å². The zero-order chi connectivity index (χ0) is 90.8. The molecule has 0 unspecified atom stereocenters. The summed E-state index contributed by atoms with van der Waals surface area (Å²) in [4.78, 5) is 0. The Morgan fingerprint density at radius 3 is 1.07 bits per heavy atom. The molecule has 1 aromatic heterocycles. The minimum absolute atomic E-state index is 0.00149. The summed E-state index contributed by atoms with van der Waals surface area (Å²) in [6, 6.07) is 28.0. The smallest absolute Gasteiger partial charge is 0.463 e. The molecule has 5 aromatic carbocycles. The number of methoxy groups -OCH3 is 1. The molecular formula is C104H142O13P4. The van der Waals surface area contributed by atoms with Crippen molar-refractivity contribution < 1.29 is 58.4 Å². The van der Waals surface area contributed by atoms with Gasteiger partial charge in [-0.3, -0.25) is 9.05 Å². The Hall–Kier alpha value is -7.57. The van der Waals surface area contributed by atoms with E-state index in [2.05, 4.69) is 341 Å². The van der Waals surface area contributed by atoms with Crippen molar-refractivity contribution in [2.75, 3.05) is 53.9 Å². The predicted molar refractivity (Wildman–Crippen MR) is 506 cm³/mol. The highest BCUT2D eigenvalue weighted by atomic mass is 31.2. The highest BCUT2D eigenvalue weighted by Gasteiger charge is 2.44. The molecule has 1 spiro atoms. The van der Waals surface area contributed by atoms with E-state index < -0.39 is 34.0 Å². The number of ether oxygens (including phenoxy) is 1. The van der Waals surface area contributed by atoms with Gasteiger partial charge in [0.1, 0.15) is 28.4 Å². The van der Waals surface area contributed by atoms with Crippen molar-refractivity contribution >= 4 is 56.0 Å². The molecule has 17 heteroatoms. The first kappa shape index (κ1) is 106. The van der Waals surface area contributed by atoms with Gasteiger partial charge in [-0.15, -0.1) is 0 Å². The summed E-state index contributed by atoms with van der Waals surface area (Å²) in [5, 5.41) is 2.21. The van der Waals surface area contributed by atoms with Gasteiger partial charge in [0, 0.05) is 47.1 Å². The van der Waals surface area contributed by atoms with E-state index >= 15 is 0 Å². The minimum atomic E-state index is -1.65. The van der Waals surface area contributed by atoms with Gasteiger partial charge in [0.2, 0.25) is 0 Å². The van der Waals surface area contributed by atoms with Crippen LogP contribution in [0.4, 0.5) is 0 Å². The highest BCUT2D eigenvalue weighted by molar-refractivity contribution is 7.42. The zero-order valence-corrected chi connectivity index (χ0v) is 83.3. The van der Waals surface area contributed by atoms with Crippen LogP contribution in [0, 0.1) is 19.3 Å². The maximum Gasteiger partial charge on any atom is 0.463 e. The SMILES string of the molecule is C=C=C=C=C=C=C=C=C=C=C=C=C=C=C=C=C=C(C)OP1OCC2(COP(OC)OC2)CO1.CCCCCCCCCC.CCOP(Oc1c(C)cc(C(C)(C)C)cc1C(C)(C)C)Oc1c(C)cc(C(C)(C)C)cc1C(C)(C)C.CCOp1oc2c(C(C)(C)C)cc(C(C)(C)C)cc2c2cc(C(C)(C)C)cc(C(C)(C)C)c2o1.COc1ccccc1. The van der Waals surface area contributed by atoms with Crippen molar-refractivity contribution in [2.45, 2.75) is 309 Å². The number of aryl methyl sites for hydroxylation is 2. The first-order valence-electron chi connectivity index (χ1n) is 42.3. The molecule has 8 rings (SSSR count). The quantitative estimate of drug-likeness (QED) is 0.0331. The monoisotopic (exact) mass is 1720 g/mol. The molecule has 0 N–H and O–H groups in total. The summed E-state index contributed by atoms with van der Waals surface area (Å²) >= 11 is 0. The third-order valence-electron chi connectivity index (χ3n) is 19.2. The minimum Gasteiger partial charge on any atom is -0.497 e. The molecule has 6 aromatic rings. The Morgan fingerprint density at radius 1 is 0.421 bits per heavy atom. The topological polar surface area (TPSA) is 128 Å². The first-order chi connectivity index (χ1) is 56.5. The van der Waals surface area contributed by atoms with Gasteiger partial charge in [-0.2, -0.15) is 0 Å². The fraction of sp³-hybridized carbons (Fsp3) is 0.538. The molecule has 0 saturated carbocycles. The van der Waals surface area contributed by atoms with E-state index in [-0.39, 0.29) is 48.7 Å². The van der Waals surface area contributed by atoms with Crippen LogP contribution < -0.4 is 18.3 Å². The summed E-state index contributed by atoms with van der Waals surface area (Å²) in [7, 11) is -2.82. The lowest BCUT2D eigenvalue weighted by atomic mass is 9.77. The number of para-hydroxylation sites is 1. The molecule has 656 valence electrons. The summed E-state index contributed by atoms with van der Waals surface area (Å²) in [5.74, 6) is 3.08. The lowest BCUT2D eigenvalue weighted by Gasteiger charge is -2.41. The van der Waals surface area contributed by atoms with Crippen LogP contribution in [0.5, 0.6) is 17.2 Å². The van der Waals surface area contributed by atoms with Crippen LogP contribution in [0.2, 0.25) is 0 Å². The lowest BCUT2D eigenvalue weighted by molar-refractivity contribution is -0.0723. The highest BCUT2D eigenvalue weighted by Crippen LogP contribution is 2.55. The summed E-state index contributed by atoms with van der Waals surface area (Å²) in [5.41, 5.74) is 53.9. The average Bonchev–Trinajstić information content (AvgIpc) is 1.73. The van der Waals surface area contributed by atoms with E-state index in [1.165, 1.54) is 95.9 Å². The largest absolute Gasteiger partial charge is 0.497 e. The van der Waals surface area contributed by atoms with E-state index in [4.69, 9.17) is 58.4 Å². The van der Waals surface area contributed by atoms with Crippen molar-refractivity contribution in [1.82, 2.24) is 0 Å². The van der Waals surface area contributed by atoms with E-state index in [1.54, 1.807) is 21.1 Å². The van der Waals surface area contributed by atoms with Crippen LogP contribution in [0.1, 0.15) is 308 Å². The van der Waals surface area contributed by atoms with Crippen LogP contribution >= 0.6 is 34.0 Å². The van der Waals surface area contributed by atoms with Crippen molar-refractivity contribution in [1.29, 1.82) is 0 Å². The molecule has 0 amide bonds. The van der Waals surface area contributed by atoms with Crippen molar-refractivity contribution in [2.24, 2.45) is 5.41 Å². The molecule has 3 heterocycles. The van der Waals surface area contributed by atoms with Gasteiger partial charge in [0.15, 0.2) is 5.76 Å². The van der Waals surface area contributed by atoms with Crippen molar-refractivity contribution in [3.05, 3.63) is 239 Å². The molecule has 2 saturated heterocycles. The Bertz CT molecular complexity index is 4890. The van der Waals surface area contributed by atoms with Gasteiger partial charge in [-0.05, 0) is 221 Å². The average molecular weight is 1720 g/mol. The number of benzene rings is 5. The second kappa shape index (κ2) is 49.2. The van der Waals surface area contributed by atoms with E-state index in [0.29, 0.717) is 45.4 Å². The summed E-state index contributed by atoms with van der Waals surface area (Å²) < 4.78 is 76.6. The van der Waals surface area contributed by atoms with Crippen LogP contribution in [-0.2, 0) is 75.0 Å². The normalized spacial score (nSPS) is 15.1. The zero-order valence-electron chi connectivity index (χ0n) is 79.7. The van der Waals surface area contributed by atoms with Gasteiger partial charge in [-0.1, -0.05) is 292 Å². The molecule has 2 aliphatic rings. The number of hydrogen-bond acceptors (Lipinski definition) is 13. The molecule has 13 nitrogen and oxygen atoms in total. The Labute approximate surface area is 734 Å². The number of rotatable bonds is 19. The van der Waals surface area contributed by atoms with Gasteiger partial charge in [0.25, 0.3) is 0 Å². The number of hydrogen-bond donors (Lipinski definition) is 0. The van der Waals surface area contributed by atoms with Crippen LogP contribution in [0.3, 0.4) is 0 Å². The first-order valence-corrected chi connectivity index (χ1v) is 46.7. The lowest BCUT2D eigenvalue weighted by Crippen LogP contribution is -2.44. The fourth-order valence-corrected chi connectivity index (χ4v) is 16.4. The molecule has 2 aliphatic heterocycles. The Balaban J connectivity index is 0.000000344. The Kier molecular flexibility index (Phi) is 43.0. The number of allylic oxidation sites excluding steroid dienone is 1. The molecular weight excluding hydrogens is 1580 g/mol. The molecule has 0 aliphatic carbocycles. The second-order valence-electron chi connectivity index (χ2n) is 38.3. The van der Waals surface area contributed by atoms with Gasteiger partial charge in [0.05, 0.1) is 52.2 Å². The van der Waals surface area contributed by atoms with Crippen molar-refractivity contribution in [3.8, 4) is 17.2 Å². The van der Waals surface area contributed by atoms with Crippen LogP contribution in [0.15, 0.2) is 191 Å². The molecule has 2 fully saturated rings. The van der Waals surface area contributed by atoms with Crippen LogP contribution in [0.25, 0.3) is 21.9 Å². The number of unbranched alkanes of at least 4 members (excludes halogenated alkanes) is 7. The van der Waals surface area contributed by atoms with Gasteiger partial charge in [-0.25, -0.2) is 0 Å². The molecule has 0 atom stereocenters. The summed E-state index contributed by atoms with van der Waals surface area (Å²) in [6.07, 6.45) is 11.5. The third-order valence-corrected chi connectivity index (χ3v) is 23.5. The fourth-order valence-electron chi connectivity index (χ4n) is 11.9. The van der Waals surface area contributed by atoms with Gasteiger partial charge >= 0.3 is 34.0 Å². The maximum atomic E-state index is 6.66. The maximum absolute atomic E-state index is 6.66. The van der Waals surface area contributed by atoms with E-state index in [0.717, 1.165) is 50.3 Å². The second-order valence-corrected chi connectivity index (χ2v) is 43.0. The van der Waals surface area contributed by atoms with Crippen molar-refractivity contribution in [3.63, 3.8) is 0 Å². The summed E-state index contributed by atoms with van der Waals surface area (Å²) in [6.45, 7) is 74.6. The molecule has 121 heavy (non-hydrogen) atoms. The standard InChI is InChI=1S/C32H51O3P.C30H45O3P.C25H16O6P2.C10H22.C7H8O/c1-16-33-36(34-27-21(2)17-23(29(4,5)6)19-25(27)31(10,11)12)35-28-22(3)18-24(30(7,8)9)20-26(28)32(13,14)15;1-14-31-34-32-25-21(15-19(27(2,3)4)17-23(25)29(8,9)10)22-16-20(28(5,6)7)18-24(26(22)33-34)30(11,12)13;1-4-5-6-7-8-9-10-11-12-13-14-15-16-17-18-19-24(2)31-33-29-22-25(23-30-33)20-27-32(26-3)28-21-25;1-3-5-7-9-10-8-6-4-2;1-8-7-5-3-2-4-6-7/h17-20H,16H2,1-15H3;15-18H,14H2,1-13H3;1,20-23H2,2-3H3;3-10H2,1-2H3;2-6H,1H3. The van der Waals surface area contributed by atoms with Crippen LogP contribution in [-0.4, -0.2) is 53.9 Å². The number of fused-ring (bicyclic) bond motifs is 3. The molecule has 0 bridgehead atoms. The molecule has 0 radical (unpaired) electrons.